The smallest absolute Gasteiger partial charge is 0.407 e. The molecule has 3 aromatic rings. The summed E-state index contributed by atoms with van der Waals surface area (Å²) >= 11 is 0. The number of imide groups is 1. The molecule has 1 N–H and O–H groups in total. The van der Waals surface area contributed by atoms with Gasteiger partial charge in [-0.1, -0.05) is 12.1 Å². The van der Waals surface area contributed by atoms with Crippen LogP contribution >= 0.6 is 0 Å². The Morgan fingerprint density at radius 3 is 2.08 bits per heavy atom. The molecule has 0 saturated carbocycles. The van der Waals surface area contributed by atoms with Crippen molar-refractivity contribution in [1.82, 2.24) is 15.1 Å². The highest BCUT2D eigenvalue weighted by Gasteiger charge is 2.36. The molecule has 0 saturated heterocycles. The summed E-state index contributed by atoms with van der Waals surface area (Å²) in [6, 6.07) is 11.8. The Morgan fingerprint density at radius 2 is 1.55 bits per heavy atom. The lowest BCUT2D eigenvalue weighted by Crippen LogP contribution is -2.39. The van der Waals surface area contributed by atoms with Crippen molar-refractivity contribution in [3.8, 4) is 0 Å². The van der Waals surface area contributed by atoms with Crippen molar-refractivity contribution in [2.45, 2.75) is 69.5 Å². The van der Waals surface area contributed by atoms with Crippen molar-refractivity contribution >= 4 is 33.4 Å². The van der Waals surface area contributed by atoms with Crippen molar-refractivity contribution in [1.29, 1.82) is 0 Å². The van der Waals surface area contributed by atoms with E-state index < -0.39 is 33.3 Å². The molecule has 2 heterocycles. The van der Waals surface area contributed by atoms with Crippen LogP contribution < -0.4 is 10.2 Å². The predicted molar refractivity (Wildman–Crippen MR) is 140 cm³/mol. The summed E-state index contributed by atoms with van der Waals surface area (Å²) in [4.78, 5) is 38.7. The third-order valence-electron chi connectivity index (χ3n) is 5.99. The summed E-state index contributed by atoms with van der Waals surface area (Å²) in [5.74, 6) is -0.911. The maximum absolute atomic E-state index is 13.6. The minimum Gasteiger partial charge on any atom is -0.444 e. The van der Waals surface area contributed by atoms with E-state index in [1.165, 1.54) is 28.9 Å². The molecular formula is C27H30N4O6S. The van der Waals surface area contributed by atoms with Gasteiger partial charge in [0.15, 0.2) is 0 Å². The molecule has 0 spiro atoms. The van der Waals surface area contributed by atoms with Gasteiger partial charge in [-0.3, -0.25) is 14.3 Å². The molecule has 0 aliphatic carbocycles. The molecule has 2 aromatic carbocycles. The number of nitrogens with one attached hydrogen (secondary N) is 1. The number of amides is 3. The number of aromatic nitrogens is 2. The van der Waals surface area contributed by atoms with E-state index >= 15 is 0 Å². The van der Waals surface area contributed by atoms with Gasteiger partial charge >= 0.3 is 6.09 Å². The van der Waals surface area contributed by atoms with Crippen LogP contribution in [0.15, 0.2) is 58.3 Å². The molecule has 11 heteroatoms. The number of ether oxygens (including phenoxy) is 1. The molecular weight excluding hydrogens is 508 g/mol. The van der Waals surface area contributed by atoms with Gasteiger partial charge < -0.3 is 10.1 Å². The molecule has 200 valence electrons. The number of hydrogen-bond acceptors (Lipinski definition) is 7. The number of benzene rings is 2. The fraction of sp³-hybridized carbons (Fsp3) is 0.333. The Balaban J connectivity index is 1.55. The number of sulfone groups is 1. The first-order chi connectivity index (χ1) is 17.7. The van der Waals surface area contributed by atoms with Crippen molar-refractivity contribution < 1.29 is 27.5 Å². The molecule has 0 radical (unpaired) electrons. The Bertz CT molecular complexity index is 1500. The average molecular weight is 539 g/mol. The summed E-state index contributed by atoms with van der Waals surface area (Å²) in [6.07, 6.45) is -0.572. The van der Waals surface area contributed by atoms with E-state index in [9.17, 15) is 22.8 Å². The number of aryl methyl sites for hydroxylation is 1. The molecule has 0 bridgehead atoms. The fourth-order valence-corrected chi connectivity index (χ4v) is 6.03. The highest BCUT2D eigenvalue weighted by Crippen LogP contribution is 2.31. The van der Waals surface area contributed by atoms with E-state index in [2.05, 4.69) is 10.4 Å². The Hall–Kier alpha value is -3.99. The monoisotopic (exact) mass is 538 g/mol. The first kappa shape index (κ1) is 27.1. The summed E-state index contributed by atoms with van der Waals surface area (Å²) < 4.78 is 33.9. The second kappa shape index (κ2) is 9.71. The van der Waals surface area contributed by atoms with E-state index in [0.29, 0.717) is 22.5 Å². The molecule has 0 unspecified atom stereocenters. The number of hydrogen-bond donors (Lipinski definition) is 1. The zero-order valence-electron chi connectivity index (χ0n) is 22.1. The van der Waals surface area contributed by atoms with Crippen LogP contribution in [0.25, 0.3) is 0 Å². The molecule has 10 nitrogen and oxygen atoms in total. The topological polar surface area (TPSA) is 128 Å². The third-order valence-corrected chi connectivity index (χ3v) is 8.01. The van der Waals surface area contributed by atoms with Crippen molar-refractivity contribution in [3.05, 3.63) is 71.0 Å². The second-order valence-corrected chi connectivity index (χ2v) is 12.1. The predicted octanol–water partition coefficient (Wildman–Crippen LogP) is 4.05. The van der Waals surface area contributed by atoms with Gasteiger partial charge in [-0.05, 0) is 77.9 Å². The molecule has 0 fully saturated rings. The van der Waals surface area contributed by atoms with E-state index in [4.69, 9.17) is 4.74 Å². The van der Waals surface area contributed by atoms with Gasteiger partial charge in [-0.15, -0.1) is 0 Å². The van der Waals surface area contributed by atoms with Gasteiger partial charge in [0.2, 0.25) is 9.84 Å². The van der Waals surface area contributed by atoms with Crippen molar-refractivity contribution in [2.24, 2.45) is 0 Å². The molecule has 1 atom stereocenters. The summed E-state index contributed by atoms with van der Waals surface area (Å²) in [5.41, 5.74) is 0.993. The van der Waals surface area contributed by atoms with E-state index in [0.717, 1.165) is 4.90 Å². The normalized spacial score (nSPS) is 14.4. The van der Waals surface area contributed by atoms with Gasteiger partial charge in [-0.2, -0.15) is 5.10 Å². The lowest BCUT2D eigenvalue weighted by molar-refractivity contribution is 0.0502. The van der Waals surface area contributed by atoms with Gasteiger partial charge in [0, 0.05) is 6.04 Å². The number of anilines is 1. The van der Waals surface area contributed by atoms with Crippen LogP contribution in [0.1, 0.15) is 59.8 Å². The minimum absolute atomic E-state index is 0.00328. The van der Waals surface area contributed by atoms with Crippen LogP contribution in [0.4, 0.5) is 10.5 Å². The molecule has 1 aromatic heterocycles. The lowest BCUT2D eigenvalue weighted by atomic mass is 10.1. The maximum atomic E-state index is 13.6. The van der Waals surface area contributed by atoms with Crippen molar-refractivity contribution in [3.63, 3.8) is 0 Å². The third kappa shape index (κ3) is 5.06. The molecule has 38 heavy (non-hydrogen) atoms. The Kier molecular flexibility index (Phi) is 6.92. The Labute approximate surface area is 221 Å². The molecule has 1 aliphatic heterocycles. The highest BCUT2D eigenvalue weighted by atomic mass is 32.2. The Morgan fingerprint density at radius 1 is 1.00 bits per heavy atom. The average Bonchev–Trinajstić information content (AvgIpc) is 3.24. The van der Waals surface area contributed by atoms with E-state index in [1.807, 2.05) is 0 Å². The van der Waals surface area contributed by atoms with Gasteiger partial charge in [0.1, 0.15) is 10.5 Å². The maximum Gasteiger partial charge on any atom is 0.407 e. The largest absolute Gasteiger partial charge is 0.444 e. The van der Waals surface area contributed by atoms with Crippen LogP contribution in [0.5, 0.6) is 0 Å². The van der Waals surface area contributed by atoms with E-state index in [1.54, 1.807) is 65.8 Å². The van der Waals surface area contributed by atoms with Crippen LogP contribution in [-0.4, -0.2) is 47.7 Å². The summed E-state index contributed by atoms with van der Waals surface area (Å²) in [7, 11) is -3.97. The standard InChI is InChI=1S/C27H30N4O6S/c1-16(28-26(34)37-27(4,5)6)15-30-18(3)23(17(2)29-30)38(35,36)20-13-11-19(12-14-20)31-24(32)21-9-7-8-10-22(21)25(31)33/h7-14,16H,15H2,1-6H3,(H,28,34)/t16-/m0/s1. The van der Waals surface area contributed by atoms with Crippen LogP contribution in [0.3, 0.4) is 0 Å². The van der Waals surface area contributed by atoms with E-state index in [-0.39, 0.29) is 28.1 Å². The quantitative estimate of drug-likeness (QED) is 0.469. The number of carbonyl (C=O) groups is 3. The van der Waals surface area contributed by atoms with Crippen molar-refractivity contribution in [2.75, 3.05) is 4.90 Å². The summed E-state index contributed by atoms with van der Waals surface area (Å²) in [5, 5.41) is 7.12. The molecule has 3 amide bonds. The SMILES string of the molecule is Cc1nn(C[C@H](C)NC(=O)OC(C)(C)C)c(C)c1S(=O)(=O)c1ccc(N2C(=O)c3ccccc3C2=O)cc1. The number of carbonyl (C=O) groups excluding carboxylic acids is 3. The van der Waals surface area contributed by atoms with Gasteiger partial charge in [-0.25, -0.2) is 18.1 Å². The number of rotatable bonds is 6. The van der Waals surface area contributed by atoms with Crippen LogP contribution in [-0.2, 0) is 21.1 Å². The fourth-order valence-electron chi connectivity index (χ4n) is 4.38. The molecule has 4 rings (SSSR count). The first-order valence-corrected chi connectivity index (χ1v) is 13.6. The highest BCUT2D eigenvalue weighted by molar-refractivity contribution is 7.91. The lowest BCUT2D eigenvalue weighted by Gasteiger charge is -2.22. The van der Waals surface area contributed by atoms with Gasteiger partial charge in [0.25, 0.3) is 11.8 Å². The molecule has 1 aliphatic rings. The van der Waals surface area contributed by atoms with Gasteiger partial charge in [0.05, 0.1) is 39.6 Å². The second-order valence-electron chi connectivity index (χ2n) is 10.2. The number of nitrogens with zero attached hydrogens (tertiary/aromatic N) is 3. The first-order valence-electron chi connectivity index (χ1n) is 12.1. The minimum atomic E-state index is -3.97. The number of fused-ring (bicyclic) bond motifs is 1. The number of alkyl carbamates (subject to hydrolysis) is 1. The zero-order chi connectivity index (χ0) is 28.0. The zero-order valence-corrected chi connectivity index (χ0v) is 22.9. The van der Waals surface area contributed by atoms with Crippen LogP contribution in [0, 0.1) is 13.8 Å². The van der Waals surface area contributed by atoms with Crippen LogP contribution in [0.2, 0.25) is 0 Å². The summed E-state index contributed by atoms with van der Waals surface area (Å²) in [6.45, 7) is 10.6.